The van der Waals surface area contributed by atoms with Crippen molar-refractivity contribution in [3.05, 3.63) is 11.7 Å². The molecule has 18 heavy (non-hydrogen) atoms. The van der Waals surface area contributed by atoms with Crippen LogP contribution in [-0.2, 0) is 11.8 Å². The van der Waals surface area contributed by atoms with Crippen LogP contribution < -0.4 is 0 Å². The van der Waals surface area contributed by atoms with E-state index < -0.39 is 5.60 Å². The van der Waals surface area contributed by atoms with Crippen molar-refractivity contribution in [2.45, 2.75) is 63.9 Å². The lowest BCUT2D eigenvalue weighted by Crippen LogP contribution is -2.37. The van der Waals surface area contributed by atoms with Crippen molar-refractivity contribution in [3.8, 4) is 0 Å². The molecule has 2 saturated carbocycles. The lowest BCUT2D eigenvalue weighted by Gasteiger charge is -2.30. The van der Waals surface area contributed by atoms with Crippen LogP contribution in [0.3, 0.4) is 0 Å². The number of hydrogen-bond donors (Lipinski definition) is 1. The van der Waals surface area contributed by atoms with Gasteiger partial charge in [0.25, 0.3) is 0 Å². The molecule has 1 aromatic heterocycles. The second-order valence-electron chi connectivity index (χ2n) is 7.12. The molecule has 1 heterocycles. The van der Waals surface area contributed by atoms with Crippen molar-refractivity contribution in [2.24, 2.45) is 11.8 Å². The molecule has 3 rings (SSSR count). The normalized spacial score (nSPS) is 35.3. The molecule has 100 valence electrons. The van der Waals surface area contributed by atoms with E-state index in [1.807, 2.05) is 0 Å². The SMILES string of the molecule is CC(C)(C)c1noc(C[C@]2(O)C[C@H]3CC[C@H]2C3)n1. The number of nitrogens with zero attached hydrogens (tertiary/aromatic N) is 2. The molecule has 1 N–H and O–H groups in total. The number of aromatic nitrogens is 2. The average Bonchev–Trinajstić information content (AvgIpc) is 2.90. The fourth-order valence-corrected chi connectivity index (χ4v) is 3.52. The van der Waals surface area contributed by atoms with Crippen LogP contribution >= 0.6 is 0 Å². The monoisotopic (exact) mass is 250 g/mol. The largest absolute Gasteiger partial charge is 0.389 e. The van der Waals surface area contributed by atoms with Crippen LogP contribution in [0, 0.1) is 11.8 Å². The van der Waals surface area contributed by atoms with Gasteiger partial charge >= 0.3 is 0 Å². The van der Waals surface area contributed by atoms with Gasteiger partial charge in [-0.3, -0.25) is 0 Å². The lowest BCUT2D eigenvalue weighted by atomic mass is 9.82. The van der Waals surface area contributed by atoms with Gasteiger partial charge in [-0.1, -0.05) is 25.9 Å². The highest BCUT2D eigenvalue weighted by Gasteiger charge is 2.50. The molecular weight excluding hydrogens is 228 g/mol. The smallest absolute Gasteiger partial charge is 0.229 e. The third kappa shape index (κ3) is 1.96. The van der Waals surface area contributed by atoms with Crippen molar-refractivity contribution in [1.29, 1.82) is 0 Å². The Kier molecular flexibility index (Phi) is 2.56. The van der Waals surface area contributed by atoms with Gasteiger partial charge in [0.15, 0.2) is 5.82 Å². The Morgan fingerprint density at radius 3 is 2.67 bits per heavy atom. The summed E-state index contributed by atoms with van der Waals surface area (Å²) in [6, 6.07) is 0. The molecule has 4 heteroatoms. The molecule has 2 aliphatic rings. The van der Waals surface area contributed by atoms with E-state index in [2.05, 4.69) is 30.9 Å². The minimum atomic E-state index is -0.593. The van der Waals surface area contributed by atoms with Crippen LogP contribution in [0.25, 0.3) is 0 Å². The Labute approximate surface area is 108 Å². The Bertz CT molecular complexity index is 449. The molecule has 4 nitrogen and oxygen atoms in total. The van der Waals surface area contributed by atoms with E-state index in [1.165, 1.54) is 12.8 Å². The number of hydrogen-bond acceptors (Lipinski definition) is 4. The van der Waals surface area contributed by atoms with Gasteiger partial charge in [-0.25, -0.2) is 0 Å². The molecule has 2 bridgehead atoms. The van der Waals surface area contributed by atoms with Gasteiger partial charge in [0.2, 0.25) is 5.89 Å². The molecule has 0 radical (unpaired) electrons. The highest BCUT2D eigenvalue weighted by Crippen LogP contribution is 2.51. The minimum absolute atomic E-state index is 0.0982. The van der Waals surface area contributed by atoms with Gasteiger partial charge in [-0.05, 0) is 37.5 Å². The average molecular weight is 250 g/mol. The van der Waals surface area contributed by atoms with Crippen LogP contribution in [0.4, 0.5) is 0 Å². The highest BCUT2D eigenvalue weighted by molar-refractivity contribution is 5.07. The summed E-state index contributed by atoms with van der Waals surface area (Å²) < 4.78 is 5.30. The molecule has 0 aliphatic heterocycles. The van der Waals surface area contributed by atoms with Crippen molar-refractivity contribution in [1.82, 2.24) is 10.1 Å². The van der Waals surface area contributed by atoms with E-state index in [-0.39, 0.29) is 5.41 Å². The lowest BCUT2D eigenvalue weighted by molar-refractivity contribution is -0.0184. The molecule has 2 aliphatic carbocycles. The Morgan fingerprint density at radius 1 is 1.39 bits per heavy atom. The van der Waals surface area contributed by atoms with Gasteiger partial charge in [0.05, 0.1) is 12.0 Å². The molecule has 0 spiro atoms. The molecule has 3 atom stereocenters. The van der Waals surface area contributed by atoms with E-state index in [0.29, 0.717) is 24.1 Å². The van der Waals surface area contributed by atoms with Gasteiger partial charge in [0, 0.05) is 5.41 Å². The number of fused-ring (bicyclic) bond motifs is 2. The van der Waals surface area contributed by atoms with Crippen LogP contribution in [-0.4, -0.2) is 20.8 Å². The third-order valence-electron chi connectivity index (χ3n) is 4.54. The maximum Gasteiger partial charge on any atom is 0.229 e. The topological polar surface area (TPSA) is 59.2 Å². The van der Waals surface area contributed by atoms with E-state index in [9.17, 15) is 5.11 Å². The first kappa shape index (κ1) is 12.2. The van der Waals surface area contributed by atoms with Crippen molar-refractivity contribution in [3.63, 3.8) is 0 Å². The summed E-state index contributed by atoms with van der Waals surface area (Å²) in [5.41, 5.74) is -0.691. The first-order valence-corrected chi connectivity index (χ1v) is 6.92. The van der Waals surface area contributed by atoms with E-state index in [1.54, 1.807) is 0 Å². The first-order valence-electron chi connectivity index (χ1n) is 6.92. The summed E-state index contributed by atoms with van der Waals surface area (Å²) in [5, 5.41) is 14.7. The van der Waals surface area contributed by atoms with Gasteiger partial charge in [0.1, 0.15) is 0 Å². The summed E-state index contributed by atoms with van der Waals surface area (Å²) in [4.78, 5) is 4.44. The second kappa shape index (κ2) is 3.80. The van der Waals surface area contributed by atoms with E-state index in [4.69, 9.17) is 4.52 Å². The van der Waals surface area contributed by atoms with Gasteiger partial charge in [-0.2, -0.15) is 4.98 Å². The predicted molar refractivity (Wildman–Crippen MR) is 67.1 cm³/mol. The summed E-state index contributed by atoms with van der Waals surface area (Å²) in [5.74, 6) is 2.47. The summed E-state index contributed by atoms with van der Waals surface area (Å²) in [6.07, 6.45) is 5.05. The van der Waals surface area contributed by atoms with Crippen LogP contribution in [0.1, 0.15) is 58.2 Å². The molecule has 0 saturated heterocycles. The zero-order valence-corrected chi connectivity index (χ0v) is 11.4. The third-order valence-corrected chi connectivity index (χ3v) is 4.54. The molecular formula is C14H22N2O2. The number of rotatable bonds is 2. The molecule has 2 fully saturated rings. The maximum absolute atomic E-state index is 10.7. The summed E-state index contributed by atoms with van der Waals surface area (Å²) >= 11 is 0. The van der Waals surface area contributed by atoms with E-state index in [0.717, 1.165) is 18.7 Å². The number of aliphatic hydroxyl groups is 1. The molecule has 0 amide bonds. The van der Waals surface area contributed by atoms with Gasteiger partial charge in [-0.15, -0.1) is 0 Å². The summed E-state index contributed by atoms with van der Waals surface area (Å²) in [6.45, 7) is 6.19. The second-order valence-corrected chi connectivity index (χ2v) is 7.12. The van der Waals surface area contributed by atoms with Crippen molar-refractivity contribution >= 4 is 0 Å². The van der Waals surface area contributed by atoms with Crippen molar-refractivity contribution < 1.29 is 9.63 Å². The predicted octanol–water partition coefficient (Wildman–Crippen LogP) is 2.46. The fraction of sp³-hybridized carbons (Fsp3) is 0.857. The van der Waals surface area contributed by atoms with Crippen LogP contribution in [0.2, 0.25) is 0 Å². The van der Waals surface area contributed by atoms with E-state index >= 15 is 0 Å². The standard InChI is InChI=1S/C14H22N2O2/c1-13(2,3)12-15-11(18-16-12)8-14(17)7-9-4-5-10(14)6-9/h9-10,17H,4-8H2,1-3H3/t9-,10-,14+/m0/s1. The summed E-state index contributed by atoms with van der Waals surface area (Å²) in [7, 11) is 0. The van der Waals surface area contributed by atoms with Crippen LogP contribution in [0.5, 0.6) is 0 Å². The zero-order valence-electron chi connectivity index (χ0n) is 11.4. The maximum atomic E-state index is 10.7. The molecule has 1 aromatic rings. The molecule has 0 unspecified atom stereocenters. The Hall–Kier alpha value is -0.900. The quantitative estimate of drug-likeness (QED) is 0.876. The Balaban J connectivity index is 1.75. The minimum Gasteiger partial charge on any atom is -0.389 e. The molecule has 0 aromatic carbocycles. The first-order chi connectivity index (χ1) is 8.37. The fourth-order valence-electron chi connectivity index (χ4n) is 3.52. The van der Waals surface area contributed by atoms with Crippen LogP contribution in [0.15, 0.2) is 4.52 Å². The van der Waals surface area contributed by atoms with Crippen molar-refractivity contribution in [2.75, 3.05) is 0 Å². The highest BCUT2D eigenvalue weighted by atomic mass is 16.5. The Morgan fingerprint density at radius 2 is 2.17 bits per heavy atom. The van der Waals surface area contributed by atoms with Gasteiger partial charge < -0.3 is 9.63 Å². The zero-order chi connectivity index (χ0) is 13.0.